The topological polar surface area (TPSA) is 48.4 Å². The van der Waals surface area contributed by atoms with Gasteiger partial charge in [0.05, 0.1) is 24.3 Å². The fraction of sp³-hybridized carbons (Fsp3) is 0.500. The second kappa shape index (κ2) is 7.37. The number of pyridine rings is 1. The molecule has 0 aromatic carbocycles. The summed E-state index contributed by atoms with van der Waals surface area (Å²) in [6.45, 7) is 1.27. The molecule has 0 amide bonds. The van der Waals surface area contributed by atoms with E-state index in [4.69, 9.17) is 0 Å². The van der Waals surface area contributed by atoms with Crippen molar-refractivity contribution in [2.75, 3.05) is 6.61 Å². The predicted molar refractivity (Wildman–Crippen MR) is 68.9 cm³/mol. The van der Waals surface area contributed by atoms with Crippen LogP contribution in [0.2, 0.25) is 0 Å². The molecule has 0 bridgehead atoms. The molecule has 0 spiro atoms. The van der Waals surface area contributed by atoms with Crippen molar-refractivity contribution < 1.29 is 40.6 Å². The van der Waals surface area contributed by atoms with E-state index in [2.05, 4.69) is 30.4 Å². The molecule has 0 unspecified atom stereocenters. The predicted octanol–water partition coefficient (Wildman–Crippen LogP) is 4.00. The van der Waals surface area contributed by atoms with Gasteiger partial charge in [-0.1, -0.05) is 15.9 Å². The van der Waals surface area contributed by atoms with Crippen molar-refractivity contribution in [3.05, 3.63) is 22.9 Å². The number of carbonyl (C=O) groups excluding carboxylic acids is 1. The minimum Gasteiger partial charge on any atom is -0.466 e. The fourth-order valence-electron chi connectivity index (χ4n) is 1.64. The van der Waals surface area contributed by atoms with Gasteiger partial charge in [0.1, 0.15) is 0 Å². The Balaban J connectivity index is 3.47. The molecular weight excluding hydrogens is 400 g/mol. The SMILES string of the molecule is CCOC(=O)Cc1c(C(F)(F)F)cc(CBr)nc1OC(F)(F)F. The first-order valence-electron chi connectivity index (χ1n) is 6.05. The maximum absolute atomic E-state index is 13.1. The van der Waals surface area contributed by atoms with Crippen molar-refractivity contribution in [2.24, 2.45) is 0 Å². The first kappa shape index (κ1) is 19.5. The van der Waals surface area contributed by atoms with Gasteiger partial charge in [-0.05, 0) is 13.0 Å². The van der Waals surface area contributed by atoms with Gasteiger partial charge < -0.3 is 9.47 Å². The molecule has 1 aromatic rings. The third-order valence-electron chi connectivity index (χ3n) is 2.42. The van der Waals surface area contributed by atoms with Crippen LogP contribution in [0.5, 0.6) is 5.88 Å². The highest BCUT2D eigenvalue weighted by atomic mass is 79.9. The van der Waals surface area contributed by atoms with E-state index in [-0.39, 0.29) is 17.6 Å². The number of ether oxygens (including phenoxy) is 2. The molecule has 4 nitrogen and oxygen atoms in total. The second-order valence-electron chi connectivity index (χ2n) is 4.11. The van der Waals surface area contributed by atoms with Crippen LogP contribution in [0.15, 0.2) is 6.07 Å². The zero-order valence-corrected chi connectivity index (χ0v) is 13.1. The number of hydrogen-bond donors (Lipinski definition) is 0. The lowest BCUT2D eigenvalue weighted by molar-refractivity contribution is -0.276. The third-order valence-corrected chi connectivity index (χ3v) is 3.00. The van der Waals surface area contributed by atoms with Gasteiger partial charge in [-0.25, -0.2) is 4.98 Å². The Labute approximate surface area is 134 Å². The normalized spacial score (nSPS) is 12.2. The summed E-state index contributed by atoms with van der Waals surface area (Å²) in [5.74, 6) is -2.45. The van der Waals surface area contributed by atoms with Gasteiger partial charge in [0.2, 0.25) is 5.88 Å². The lowest BCUT2D eigenvalue weighted by Crippen LogP contribution is -2.23. The zero-order valence-electron chi connectivity index (χ0n) is 11.5. The van der Waals surface area contributed by atoms with E-state index in [0.29, 0.717) is 6.07 Å². The summed E-state index contributed by atoms with van der Waals surface area (Å²) in [5.41, 5.74) is -2.79. The largest absolute Gasteiger partial charge is 0.574 e. The van der Waals surface area contributed by atoms with E-state index >= 15 is 0 Å². The van der Waals surface area contributed by atoms with Gasteiger partial charge in [0, 0.05) is 10.9 Å². The van der Waals surface area contributed by atoms with Crippen molar-refractivity contribution in [2.45, 2.75) is 31.2 Å². The number of esters is 1. The number of nitrogens with zero attached hydrogens (tertiary/aromatic N) is 1. The molecule has 130 valence electrons. The first-order chi connectivity index (χ1) is 10.5. The van der Waals surface area contributed by atoms with Gasteiger partial charge >= 0.3 is 18.5 Å². The van der Waals surface area contributed by atoms with Crippen LogP contribution >= 0.6 is 15.9 Å². The van der Waals surface area contributed by atoms with Crippen LogP contribution in [0.3, 0.4) is 0 Å². The van der Waals surface area contributed by atoms with Crippen LogP contribution in [-0.2, 0) is 27.5 Å². The third kappa shape index (κ3) is 5.88. The Morgan fingerprint density at radius 3 is 2.30 bits per heavy atom. The second-order valence-corrected chi connectivity index (χ2v) is 4.67. The number of rotatable bonds is 5. The molecule has 1 heterocycles. The van der Waals surface area contributed by atoms with Crippen LogP contribution in [0, 0.1) is 0 Å². The van der Waals surface area contributed by atoms with Crippen molar-refractivity contribution in [3.8, 4) is 5.88 Å². The highest BCUT2D eigenvalue weighted by Crippen LogP contribution is 2.38. The summed E-state index contributed by atoms with van der Waals surface area (Å²) in [7, 11) is 0. The Bertz CT molecular complexity index is 573. The van der Waals surface area contributed by atoms with Crippen molar-refractivity contribution in [3.63, 3.8) is 0 Å². The van der Waals surface area contributed by atoms with Gasteiger partial charge in [-0.15, -0.1) is 13.2 Å². The standard InChI is InChI=1S/C12H10BrF6NO3/c1-2-22-9(21)4-7-8(11(14,15)16)3-6(5-13)20-10(7)23-12(17,18)19/h3H,2,4-5H2,1H3. The maximum Gasteiger partial charge on any atom is 0.574 e. The molecule has 0 aliphatic carbocycles. The molecule has 0 saturated heterocycles. The van der Waals surface area contributed by atoms with E-state index in [1.54, 1.807) is 0 Å². The molecule has 0 aliphatic rings. The minimum absolute atomic E-state index is 0.136. The van der Waals surface area contributed by atoms with Crippen molar-refractivity contribution in [1.29, 1.82) is 0 Å². The molecule has 0 fully saturated rings. The fourth-order valence-corrected chi connectivity index (χ4v) is 1.93. The van der Waals surface area contributed by atoms with Gasteiger partial charge in [-0.3, -0.25) is 4.79 Å². The first-order valence-corrected chi connectivity index (χ1v) is 7.17. The maximum atomic E-state index is 13.1. The Morgan fingerprint density at radius 2 is 1.87 bits per heavy atom. The lowest BCUT2D eigenvalue weighted by atomic mass is 10.0. The smallest absolute Gasteiger partial charge is 0.466 e. The molecule has 0 atom stereocenters. The molecule has 11 heteroatoms. The monoisotopic (exact) mass is 409 g/mol. The quantitative estimate of drug-likeness (QED) is 0.419. The van der Waals surface area contributed by atoms with Crippen molar-refractivity contribution >= 4 is 21.9 Å². The van der Waals surface area contributed by atoms with E-state index in [9.17, 15) is 31.1 Å². The van der Waals surface area contributed by atoms with Gasteiger partial charge in [0.25, 0.3) is 0 Å². The van der Waals surface area contributed by atoms with E-state index < -0.39 is 41.9 Å². The molecule has 23 heavy (non-hydrogen) atoms. The molecule has 0 saturated carbocycles. The average molecular weight is 410 g/mol. The van der Waals surface area contributed by atoms with Gasteiger partial charge in [0.15, 0.2) is 0 Å². The van der Waals surface area contributed by atoms with Crippen LogP contribution in [0.4, 0.5) is 26.3 Å². The zero-order chi connectivity index (χ0) is 17.8. The minimum atomic E-state index is -5.26. The molecule has 1 aromatic heterocycles. The number of alkyl halides is 7. The highest BCUT2D eigenvalue weighted by Gasteiger charge is 2.40. The lowest BCUT2D eigenvalue weighted by Gasteiger charge is -2.18. The highest BCUT2D eigenvalue weighted by molar-refractivity contribution is 9.08. The summed E-state index contributed by atoms with van der Waals surface area (Å²) in [6.07, 6.45) is -11.3. The van der Waals surface area contributed by atoms with E-state index in [1.807, 2.05) is 0 Å². The van der Waals surface area contributed by atoms with E-state index in [0.717, 1.165) is 0 Å². The van der Waals surface area contributed by atoms with Crippen LogP contribution in [-0.4, -0.2) is 23.9 Å². The summed E-state index contributed by atoms with van der Waals surface area (Å²) >= 11 is 2.81. The Hall–Kier alpha value is -1.52. The van der Waals surface area contributed by atoms with E-state index in [1.165, 1.54) is 6.92 Å². The number of hydrogen-bond acceptors (Lipinski definition) is 4. The molecule has 1 rings (SSSR count). The molecule has 0 aliphatic heterocycles. The number of halogens is 7. The van der Waals surface area contributed by atoms with Crippen LogP contribution < -0.4 is 4.74 Å². The Morgan fingerprint density at radius 1 is 1.26 bits per heavy atom. The number of aromatic nitrogens is 1. The molecule has 0 radical (unpaired) electrons. The number of carbonyl (C=O) groups is 1. The van der Waals surface area contributed by atoms with Crippen LogP contribution in [0.1, 0.15) is 23.7 Å². The van der Waals surface area contributed by atoms with Crippen LogP contribution in [0.25, 0.3) is 0 Å². The molecule has 0 N–H and O–H groups in total. The summed E-state index contributed by atoms with van der Waals surface area (Å²) < 4.78 is 84.5. The van der Waals surface area contributed by atoms with Crippen molar-refractivity contribution in [1.82, 2.24) is 4.98 Å². The summed E-state index contributed by atoms with van der Waals surface area (Å²) in [6, 6.07) is 0.548. The summed E-state index contributed by atoms with van der Waals surface area (Å²) in [4.78, 5) is 14.8. The Kier molecular flexibility index (Phi) is 6.25. The average Bonchev–Trinajstić information content (AvgIpc) is 2.37. The summed E-state index contributed by atoms with van der Waals surface area (Å²) in [5, 5.41) is -0.232. The molecular formula is C12H10BrF6NO3. The van der Waals surface area contributed by atoms with Gasteiger partial charge in [-0.2, -0.15) is 13.2 Å².